The number of benzene rings is 1. The van der Waals surface area contributed by atoms with Gasteiger partial charge in [0.2, 0.25) is 5.91 Å². The second-order valence-corrected chi connectivity index (χ2v) is 6.99. The molecule has 0 radical (unpaired) electrons. The third-order valence-corrected chi connectivity index (χ3v) is 5.00. The molecule has 8 nitrogen and oxygen atoms in total. The molecular weight excluding hydrogens is 382 g/mol. The van der Waals surface area contributed by atoms with Gasteiger partial charge in [0, 0.05) is 43.0 Å². The number of nitrogens with zero attached hydrogens (tertiary/aromatic N) is 5. The summed E-state index contributed by atoms with van der Waals surface area (Å²) in [4.78, 5) is 40.8. The van der Waals surface area contributed by atoms with E-state index in [-0.39, 0.29) is 24.0 Å². The van der Waals surface area contributed by atoms with E-state index in [9.17, 15) is 14.4 Å². The Morgan fingerprint density at radius 3 is 2.46 bits per heavy atom. The number of carbonyl (C=O) groups is 2. The summed E-state index contributed by atoms with van der Waals surface area (Å²) in [5.41, 5.74) is 0.680. The maximum Gasteiger partial charge on any atom is 0.350 e. The second kappa shape index (κ2) is 7.47. The highest BCUT2D eigenvalue weighted by Crippen LogP contribution is 2.14. The van der Waals surface area contributed by atoms with Gasteiger partial charge in [-0.1, -0.05) is 23.7 Å². The molecule has 0 unspecified atom stereocenters. The van der Waals surface area contributed by atoms with E-state index in [1.165, 1.54) is 9.08 Å². The average molecular weight is 400 g/mol. The van der Waals surface area contributed by atoms with Gasteiger partial charge in [-0.15, -0.1) is 5.10 Å². The zero-order valence-corrected chi connectivity index (χ0v) is 15.7. The van der Waals surface area contributed by atoms with E-state index >= 15 is 0 Å². The van der Waals surface area contributed by atoms with Crippen molar-refractivity contribution in [1.29, 1.82) is 0 Å². The van der Waals surface area contributed by atoms with E-state index < -0.39 is 0 Å². The van der Waals surface area contributed by atoms with Gasteiger partial charge in [0.1, 0.15) is 6.54 Å². The Bertz CT molecular complexity index is 1100. The van der Waals surface area contributed by atoms with Crippen LogP contribution in [-0.4, -0.2) is 62.0 Å². The number of hydrogen-bond donors (Lipinski definition) is 0. The Hall–Kier alpha value is -3.13. The smallest absolute Gasteiger partial charge is 0.338 e. The van der Waals surface area contributed by atoms with E-state index in [4.69, 9.17) is 11.6 Å². The molecule has 2 amide bonds. The summed E-state index contributed by atoms with van der Waals surface area (Å²) in [5.74, 6) is -0.300. The van der Waals surface area contributed by atoms with E-state index in [1.807, 2.05) is 0 Å². The predicted octanol–water partition coefficient (Wildman–Crippen LogP) is 1.13. The van der Waals surface area contributed by atoms with Gasteiger partial charge in [0.15, 0.2) is 5.65 Å². The van der Waals surface area contributed by atoms with Crippen LogP contribution < -0.4 is 5.69 Å². The molecular formula is C19H18ClN5O3. The minimum atomic E-state index is -0.348. The van der Waals surface area contributed by atoms with Crippen molar-refractivity contribution < 1.29 is 9.59 Å². The summed E-state index contributed by atoms with van der Waals surface area (Å²) < 4.78 is 2.57. The number of halogens is 1. The first kappa shape index (κ1) is 18.2. The van der Waals surface area contributed by atoms with Crippen molar-refractivity contribution in [2.45, 2.75) is 6.54 Å². The highest BCUT2D eigenvalue weighted by atomic mass is 35.5. The van der Waals surface area contributed by atoms with Crippen molar-refractivity contribution in [1.82, 2.24) is 24.0 Å². The maximum atomic E-state index is 12.6. The van der Waals surface area contributed by atoms with Crippen molar-refractivity contribution in [3.05, 3.63) is 69.7 Å². The number of piperazine rings is 1. The largest absolute Gasteiger partial charge is 0.350 e. The molecule has 0 saturated carbocycles. The van der Waals surface area contributed by atoms with Crippen LogP contribution in [-0.2, 0) is 11.3 Å². The van der Waals surface area contributed by atoms with Crippen LogP contribution >= 0.6 is 11.6 Å². The Morgan fingerprint density at radius 1 is 1.00 bits per heavy atom. The second-order valence-electron chi connectivity index (χ2n) is 6.55. The maximum absolute atomic E-state index is 12.6. The van der Waals surface area contributed by atoms with Crippen LogP contribution in [0.15, 0.2) is 53.5 Å². The third-order valence-electron chi connectivity index (χ3n) is 4.76. The number of pyridine rings is 1. The van der Waals surface area contributed by atoms with Crippen LogP contribution in [0.2, 0.25) is 5.02 Å². The van der Waals surface area contributed by atoms with Gasteiger partial charge in [-0.05, 0) is 30.3 Å². The normalized spacial score (nSPS) is 14.5. The molecule has 4 rings (SSSR count). The number of rotatable bonds is 3. The number of hydrogen-bond acceptors (Lipinski definition) is 4. The molecule has 0 N–H and O–H groups in total. The van der Waals surface area contributed by atoms with E-state index in [0.29, 0.717) is 42.4 Å². The monoisotopic (exact) mass is 399 g/mol. The summed E-state index contributed by atoms with van der Waals surface area (Å²) in [6.45, 7) is 1.55. The zero-order valence-electron chi connectivity index (χ0n) is 15.0. The van der Waals surface area contributed by atoms with Gasteiger partial charge in [0.25, 0.3) is 5.91 Å². The molecule has 1 saturated heterocycles. The molecule has 1 aromatic carbocycles. The lowest BCUT2D eigenvalue weighted by Gasteiger charge is -2.34. The molecule has 1 fully saturated rings. The van der Waals surface area contributed by atoms with Crippen molar-refractivity contribution in [2.75, 3.05) is 26.2 Å². The number of carbonyl (C=O) groups excluding carboxylic acids is 2. The molecule has 1 aliphatic heterocycles. The predicted molar refractivity (Wildman–Crippen MR) is 103 cm³/mol. The first-order chi connectivity index (χ1) is 13.5. The van der Waals surface area contributed by atoms with Gasteiger partial charge in [-0.3, -0.25) is 14.0 Å². The fraction of sp³-hybridized carbons (Fsp3) is 0.263. The standard InChI is InChI=1S/C19H18ClN5O3/c20-15-5-3-4-14(12-15)18(27)23-10-8-22(9-11-23)17(26)13-25-19(28)24-7-2-1-6-16(24)21-25/h1-7,12H,8-11,13H2. The Balaban J connectivity index is 1.39. The lowest BCUT2D eigenvalue weighted by Crippen LogP contribution is -2.51. The topological polar surface area (TPSA) is 79.9 Å². The molecule has 0 aliphatic carbocycles. The Morgan fingerprint density at radius 2 is 1.75 bits per heavy atom. The molecule has 0 bridgehead atoms. The number of fused-ring (bicyclic) bond motifs is 1. The molecule has 1 aliphatic rings. The summed E-state index contributed by atoms with van der Waals surface area (Å²) in [6.07, 6.45) is 1.62. The summed E-state index contributed by atoms with van der Waals surface area (Å²) in [7, 11) is 0. The van der Waals surface area contributed by atoms with Crippen LogP contribution in [0.25, 0.3) is 5.65 Å². The van der Waals surface area contributed by atoms with E-state index in [0.717, 1.165) is 0 Å². The lowest BCUT2D eigenvalue weighted by molar-refractivity contribution is -0.133. The third kappa shape index (κ3) is 3.50. The molecule has 9 heteroatoms. The van der Waals surface area contributed by atoms with Gasteiger partial charge in [-0.25, -0.2) is 9.48 Å². The summed E-state index contributed by atoms with van der Waals surface area (Å²) in [6, 6.07) is 12.0. The molecule has 144 valence electrons. The average Bonchev–Trinajstić information content (AvgIpc) is 3.03. The molecule has 2 aromatic heterocycles. The first-order valence-electron chi connectivity index (χ1n) is 8.90. The fourth-order valence-corrected chi connectivity index (χ4v) is 3.45. The summed E-state index contributed by atoms with van der Waals surface area (Å²) in [5, 5.41) is 4.69. The van der Waals surface area contributed by atoms with E-state index in [1.54, 1.807) is 58.5 Å². The van der Waals surface area contributed by atoms with Crippen molar-refractivity contribution in [3.63, 3.8) is 0 Å². The molecule has 3 heterocycles. The zero-order chi connectivity index (χ0) is 19.7. The van der Waals surface area contributed by atoms with Crippen LogP contribution in [0.4, 0.5) is 0 Å². The van der Waals surface area contributed by atoms with Gasteiger partial charge in [-0.2, -0.15) is 0 Å². The van der Waals surface area contributed by atoms with E-state index in [2.05, 4.69) is 5.10 Å². The minimum absolute atomic E-state index is 0.105. The molecule has 0 spiro atoms. The van der Waals surface area contributed by atoms with Gasteiger partial charge >= 0.3 is 5.69 Å². The van der Waals surface area contributed by atoms with Crippen LogP contribution in [0.1, 0.15) is 10.4 Å². The van der Waals surface area contributed by atoms with Crippen LogP contribution in [0.3, 0.4) is 0 Å². The molecule has 3 aromatic rings. The Kier molecular flexibility index (Phi) is 4.87. The quantitative estimate of drug-likeness (QED) is 0.661. The lowest BCUT2D eigenvalue weighted by atomic mass is 10.2. The summed E-state index contributed by atoms with van der Waals surface area (Å²) >= 11 is 5.95. The molecule has 28 heavy (non-hydrogen) atoms. The van der Waals surface area contributed by atoms with Crippen LogP contribution in [0.5, 0.6) is 0 Å². The highest BCUT2D eigenvalue weighted by Gasteiger charge is 2.25. The van der Waals surface area contributed by atoms with Crippen molar-refractivity contribution in [2.24, 2.45) is 0 Å². The Labute approximate surface area is 165 Å². The number of amides is 2. The van der Waals surface area contributed by atoms with Crippen LogP contribution in [0, 0.1) is 0 Å². The minimum Gasteiger partial charge on any atom is -0.338 e. The van der Waals surface area contributed by atoms with Crippen molar-refractivity contribution >= 4 is 29.1 Å². The van der Waals surface area contributed by atoms with Gasteiger partial charge in [0.05, 0.1) is 0 Å². The molecule has 0 atom stereocenters. The van der Waals surface area contributed by atoms with Gasteiger partial charge < -0.3 is 9.80 Å². The first-order valence-corrected chi connectivity index (χ1v) is 9.27. The SMILES string of the molecule is O=C(Cn1nc2ccccn2c1=O)N1CCN(C(=O)c2cccc(Cl)c2)CC1. The van der Waals surface area contributed by atoms with Crippen molar-refractivity contribution in [3.8, 4) is 0 Å². The highest BCUT2D eigenvalue weighted by molar-refractivity contribution is 6.30. The fourth-order valence-electron chi connectivity index (χ4n) is 3.26. The number of aromatic nitrogens is 3.